The van der Waals surface area contributed by atoms with Gasteiger partial charge in [-0.2, -0.15) is 0 Å². The maximum absolute atomic E-state index is 12.8. The monoisotopic (exact) mass is 464 g/mol. The standard InChI is InChI=1S/C20H21BrN2O4S/c1-4-11-23-16-10-9-14(12-17(16)27-13-20(2,3)19(23)24)22-28(25,26)18-8-6-5-7-15(18)21/h4-10,12,22H,1,11,13H2,2-3H3. The van der Waals surface area contributed by atoms with Crippen LogP contribution in [-0.2, 0) is 14.8 Å². The Morgan fingerprint density at radius 1 is 1.29 bits per heavy atom. The molecule has 0 unspecified atom stereocenters. The zero-order chi connectivity index (χ0) is 20.5. The van der Waals surface area contributed by atoms with E-state index in [2.05, 4.69) is 27.2 Å². The van der Waals surface area contributed by atoms with Gasteiger partial charge in [0.15, 0.2) is 0 Å². The highest BCUT2D eigenvalue weighted by Gasteiger charge is 2.37. The first-order valence-corrected chi connectivity index (χ1v) is 10.9. The molecule has 0 saturated carbocycles. The molecule has 0 aromatic heterocycles. The average molecular weight is 465 g/mol. The molecular weight excluding hydrogens is 444 g/mol. The predicted octanol–water partition coefficient (Wildman–Crippen LogP) is 4.19. The van der Waals surface area contributed by atoms with Gasteiger partial charge >= 0.3 is 0 Å². The molecule has 0 saturated heterocycles. The van der Waals surface area contributed by atoms with E-state index in [1.54, 1.807) is 47.4 Å². The highest BCUT2D eigenvalue weighted by molar-refractivity contribution is 9.10. The zero-order valence-corrected chi connectivity index (χ0v) is 18.0. The second-order valence-corrected chi connectivity index (χ2v) is 9.60. The number of anilines is 2. The molecule has 0 fully saturated rings. The van der Waals surface area contributed by atoms with Gasteiger partial charge in [-0.1, -0.05) is 18.2 Å². The molecule has 0 spiro atoms. The van der Waals surface area contributed by atoms with E-state index in [0.717, 1.165) is 0 Å². The Labute approximate surface area is 173 Å². The molecule has 3 rings (SSSR count). The fourth-order valence-corrected chi connectivity index (χ4v) is 4.95. The van der Waals surface area contributed by atoms with Crippen molar-refractivity contribution in [1.82, 2.24) is 0 Å². The van der Waals surface area contributed by atoms with Crippen molar-refractivity contribution >= 4 is 43.2 Å². The van der Waals surface area contributed by atoms with Crippen molar-refractivity contribution in [2.45, 2.75) is 18.7 Å². The second-order valence-electron chi connectivity index (χ2n) is 7.10. The number of nitrogens with one attached hydrogen (secondary N) is 1. The lowest BCUT2D eigenvalue weighted by Crippen LogP contribution is -2.42. The van der Waals surface area contributed by atoms with Crippen LogP contribution < -0.4 is 14.4 Å². The molecule has 0 aliphatic carbocycles. The predicted molar refractivity (Wildman–Crippen MR) is 113 cm³/mol. The summed E-state index contributed by atoms with van der Waals surface area (Å²) in [6.07, 6.45) is 1.65. The van der Waals surface area contributed by atoms with Gasteiger partial charge in [-0.25, -0.2) is 8.42 Å². The summed E-state index contributed by atoms with van der Waals surface area (Å²) in [6.45, 7) is 7.87. The quantitative estimate of drug-likeness (QED) is 0.673. The van der Waals surface area contributed by atoms with Crippen LogP contribution in [0.3, 0.4) is 0 Å². The molecule has 1 heterocycles. The summed E-state index contributed by atoms with van der Waals surface area (Å²) in [7, 11) is -3.79. The zero-order valence-electron chi connectivity index (χ0n) is 15.6. The van der Waals surface area contributed by atoms with E-state index in [4.69, 9.17) is 4.74 Å². The van der Waals surface area contributed by atoms with E-state index < -0.39 is 15.4 Å². The minimum Gasteiger partial charge on any atom is -0.490 e. The van der Waals surface area contributed by atoms with E-state index in [9.17, 15) is 13.2 Å². The third kappa shape index (κ3) is 3.93. The summed E-state index contributed by atoms with van der Waals surface area (Å²) in [4.78, 5) is 14.6. The Morgan fingerprint density at radius 2 is 2.00 bits per heavy atom. The highest BCUT2D eigenvalue weighted by atomic mass is 79.9. The van der Waals surface area contributed by atoms with Crippen LogP contribution in [0, 0.1) is 5.41 Å². The number of benzene rings is 2. The minimum atomic E-state index is -3.79. The number of halogens is 1. The van der Waals surface area contributed by atoms with Crippen LogP contribution in [-0.4, -0.2) is 27.5 Å². The molecular formula is C20H21BrN2O4S. The minimum absolute atomic E-state index is 0.0762. The van der Waals surface area contributed by atoms with E-state index in [-0.39, 0.29) is 17.4 Å². The van der Waals surface area contributed by atoms with Gasteiger partial charge in [0, 0.05) is 17.1 Å². The molecule has 6 nitrogen and oxygen atoms in total. The molecule has 0 bridgehead atoms. The molecule has 148 valence electrons. The topological polar surface area (TPSA) is 75.7 Å². The van der Waals surface area contributed by atoms with Crippen LogP contribution in [0.1, 0.15) is 13.8 Å². The number of hydrogen-bond acceptors (Lipinski definition) is 4. The summed E-state index contributed by atoms with van der Waals surface area (Å²) in [5, 5.41) is 0. The van der Waals surface area contributed by atoms with Gasteiger partial charge in [0.1, 0.15) is 17.3 Å². The van der Waals surface area contributed by atoms with E-state index in [0.29, 0.717) is 28.1 Å². The van der Waals surface area contributed by atoms with Crippen LogP contribution >= 0.6 is 15.9 Å². The molecule has 8 heteroatoms. The molecule has 2 aromatic rings. The van der Waals surface area contributed by atoms with Crippen LogP contribution in [0.2, 0.25) is 0 Å². The number of carbonyl (C=O) groups is 1. The summed E-state index contributed by atoms with van der Waals surface area (Å²) in [5.41, 5.74) is 0.218. The van der Waals surface area contributed by atoms with Crippen LogP contribution in [0.5, 0.6) is 5.75 Å². The third-order valence-corrected chi connectivity index (χ3v) is 6.75. The highest BCUT2D eigenvalue weighted by Crippen LogP contribution is 2.38. The Balaban J connectivity index is 1.98. The largest absolute Gasteiger partial charge is 0.490 e. The first-order valence-electron chi connectivity index (χ1n) is 8.63. The lowest BCUT2D eigenvalue weighted by molar-refractivity contribution is -0.127. The summed E-state index contributed by atoms with van der Waals surface area (Å²) < 4.78 is 34.3. The molecule has 1 N–H and O–H groups in total. The van der Waals surface area contributed by atoms with Gasteiger partial charge in [-0.3, -0.25) is 9.52 Å². The van der Waals surface area contributed by atoms with Crippen LogP contribution in [0.25, 0.3) is 0 Å². The second kappa shape index (κ2) is 7.60. The van der Waals surface area contributed by atoms with E-state index in [1.807, 2.05) is 13.8 Å². The molecule has 1 aliphatic heterocycles. The van der Waals surface area contributed by atoms with Gasteiger partial charge in [0.2, 0.25) is 5.91 Å². The number of ether oxygens (including phenoxy) is 1. The lowest BCUT2D eigenvalue weighted by atomic mass is 9.93. The Hall–Kier alpha value is -2.32. The fraction of sp³-hybridized carbons (Fsp3) is 0.250. The van der Waals surface area contributed by atoms with Crippen LogP contribution in [0.4, 0.5) is 11.4 Å². The number of fused-ring (bicyclic) bond motifs is 1. The Morgan fingerprint density at radius 3 is 2.68 bits per heavy atom. The summed E-state index contributed by atoms with van der Waals surface area (Å²) in [5.74, 6) is 0.362. The maximum Gasteiger partial charge on any atom is 0.263 e. The fourth-order valence-electron chi connectivity index (χ4n) is 2.89. The number of amides is 1. The van der Waals surface area contributed by atoms with Crippen molar-refractivity contribution in [1.29, 1.82) is 0 Å². The smallest absolute Gasteiger partial charge is 0.263 e. The number of nitrogens with zero attached hydrogens (tertiary/aromatic N) is 1. The van der Waals surface area contributed by atoms with E-state index >= 15 is 0 Å². The number of rotatable bonds is 5. The van der Waals surface area contributed by atoms with Gasteiger partial charge in [0.05, 0.1) is 16.8 Å². The van der Waals surface area contributed by atoms with Crippen molar-refractivity contribution in [3.63, 3.8) is 0 Å². The molecule has 1 aliphatic rings. The summed E-state index contributed by atoms with van der Waals surface area (Å²) in [6, 6.07) is 11.4. The molecule has 1 amide bonds. The molecule has 0 atom stereocenters. The van der Waals surface area contributed by atoms with Gasteiger partial charge in [0.25, 0.3) is 10.0 Å². The first-order chi connectivity index (χ1) is 13.2. The van der Waals surface area contributed by atoms with Crippen molar-refractivity contribution in [3.8, 4) is 5.75 Å². The van der Waals surface area contributed by atoms with Gasteiger partial charge < -0.3 is 9.64 Å². The summed E-state index contributed by atoms with van der Waals surface area (Å²) >= 11 is 3.26. The molecule has 0 radical (unpaired) electrons. The SMILES string of the molecule is C=CCN1C(=O)C(C)(C)COc2cc(NS(=O)(=O)c3ccccc3Br)ccc21. The van der Waals surface area contributed by atoms with Gasteiger partial charge in [-0.05, 0) is 54.0 Å². The first kappa shape index (κ1) is 20.4. The van der Waals surface area contributed by atoms with Crippen molar-refractivity contribution in [2.24, 2.45) is 5.41 Å². The van der Waals surface area contributed by atoms with Gasteiger partial charge in [-0.15, -0.1) is 6.58 Å². The number of sulfonamides is 1. The third-order valence-electron chi connectivity index (χ3n) is 4.35. The van der Waals surface area contributed by atoms with E-state index in [1.165, 1.54) is 6.07 Å². The number of carbonyl (C=O) groups excluding carboxylic acids is 1. The number of hydrogen-bond donors (Lipinski definition) is 1. The molecule has 28 heavy (non-hydrogen) atoms. The lowest BCUT2D eigenvalue weighted by Gasteiger charge is -2.27. The Bertz CT molecular complexity index is 1030. The Kier molecular flexibility index (Phi) is 5.54. The van der Waals surface area contributed by atoms with Crippen molar-refractivity contribution in [3.05, 3.63) is 59.6 Å². The average Bonchev–Trinajstić information content (AvgIpc) is 2.72. The maximum atomic E-state index is 12.8. The molecule has 2 aromatic carbocycles. The normalized spacial score (nSPS) is 16.0. The van der Waals surface area contributed by atoms with Crippen molar-refractivity contribution in [2.75, 3.05) is 22.8 Å². The van der Waals surface area contributed by atoms with Crippen LogP contribution in [0.15, 0.2) is 64.5 Å². The van der Waals surface area contributed by atoms with Crippen molar-refractivity contribution < 1.29 is 17.9 Å².